The van der Waals surface area contributed by atoms with Gasteiger partial charge in [0.15, 0.2) is 6.61 Å². The summed E-state index contributed by atoms with van der Waals surface area (Å²) in [5.41, 5.74) is 3.41. The van der Waals surface area contributed by atoms with E-state index < -0.39 is 18.6 Å². The Morgan fingerprint density at radius 1 is 0.667 bits per heavy atom. The summed E-state index contributed by atoms with van der Waals surface area (Å²) < 4.78 is 5.50. The van der Waals surface area contributed by atoms with Gasteiger partial charge in [-0.2, -0.15) is 0 Å². The molecule has 0 saturated carbocycles. The van der Waals surface area contributed by atoms with Crippen molar-refractivity contribution in [3.63, 3.8) is 0 Å². The van der Waals surface area contributed by atoms with Gasteiger partial charge in [-0.1, -0.05) is 109 Å². The van der Waals surface area contributed by atoms with Crippen molar-refractivity contribution in [1.82, 2.24) is 10.2 Å². The lowest BCUT2D eigenvalue weighted by Crippen LogP contribution is -2.44. The molecule has 1 N–H and O–H groups in total. The Bertz CT molecular complexity index is 1330. The average Bonchev–Trinajstić information content (AvgIpc) is 2.99. The van der Waals surface area contributed by atoms with E-state index in [2.05, 4.69) is 5.32 Å². The third-order valence-electron chi connectivity index (χ3n) is 6.33. The van der Waals surface area contributed by atoms with E-state index in [0.29, 0.717) is 25.1 Å². The molecule has 0 bridgehead atoms. The third kappa shape index (κ3) is 8.68. The molecule has 6 heteroatoms. The molecule has 6 nitrogen and oxygen atoms in total. The van der Waals surface area contributed by atoms with Crippen LogP contribution in [0.2, 0.25) is 0 Å². The molecule has 0 aliphatic carbocycles. The molecule has 39 heavy (non-hydrogen) atoms. The van der Waals surface area contributed by atoms with E-state index in [-0.39, 0.29) is 18.2 Å². The Labute approximate surface area is 229 Å². The van der Waals surface area contributed by atoms with Crippen molar-refractivity contribution in [2.24, 2.45) is 0 Å². The van der Waals surface area contributed by atoms with Crippen molar-refractivity contribution in [3.05, 3.63) is 144 Å². The molecule has 0 unspecified atom stereocenters. The van der Waals surface area contributed by atoms with Crippen LogP contribution in [-0.4, -0.2) is 41.9 Å². The molecule has 0 aliphatic rings. The van der Waals surface area contributed by atoms with Gasteiger partial charge >= 0.3 is 5.97 Å². The summed E-state index contributed by atoms with van der Waals surface area (Å²) in [4.78, 5) is 41.0. The van der Waals surface area contributed by atoms with E-state index in [4.69, 9.17) is 4.74 Å². The lowest BCUT2D eigenvalue weighted by Gasteiger charge is -2.24. The molecule has 2 amide bonds. The second kappa shape index (κ2) is 14.3. The molecular weight excluding hydrogens is 488 g/mol. The highest BCUT2D eigenvalue weighted by atomic mass is 16.5. The maximum absolute atomic E-state index is 13.3. The number of nitrogens with one attached hydrogen (secondary N) is 1. The predicted octanol–water partition coefficient (Wildman–Crippen LogP) is 4.84. The van der Waals surface area contributed by atoms with Crippen LogP contribution in [-0.2, 0) is 33.7 Å². The number of ether oxygens (including phenoxy) is 1. The number of hydrogen-bond donors (Lipinski definition) is 1. The van der Waals surface area contributed by atoms with Gasteiger partial charge < -0.3 is 15.0 Å². The van der Waals surface area contributed by atoms with Crippen LogP contribution in [0.4, 0.5) is 0 Å². The average molecular weight is 521 g/mol. The van der Waals surface area contributed by atoms with Crippen LogP contribution < -0.4 is 5.32 Å². The molecule has 0 radical (unpaired) electrons. The number of amides is 2. The van der Waals surface area contributed by atoms with Crippen molar-refractivity contribution in [3.8, 4) is 0 Å². The van der Waals surface area contributed by atoms with E-state index in [1.165, 1.54) is 0 Å². The standard InChI is InChI=1S/C33H32N2O4/c36-31(35(24-28-17-9-3-10-18-28)22-21-26-13-5-1-6-14-26)25-39-33(38)30(23-27-15-7-2-8-16-27)34-32(37)29-19-11-4-12-20-29/h1-20,30H,21-25H2,(H,34,37)/t30-/m0/s1. The Morgan fingerprint density at radius 2 is 1.18 bits per heavy atom. The Kier molecular flexibility index (Phi) is 10.0. The number of esters is 1. The molecule has 0 spiro atoms. The number of benzene rings is 4. The van der Waals surface area contributed by atoms with Crippen LogP contribution in [0.5, 0.6) is 0 Å². The zero-order chi connectivity index (χ0) is 27.3. The first kappa shape index (κ1) is 27.3. The van der Waals surface area contributed by atoms with Crippen LogP contribution in [0.3, 0.4) is 0 Å². The molecule has 1 atom stereocenters. The highest BCUT2D eigenvalue weighted by Crippen LogP contribution is 2.10. The summed E-state index contributed by atoms with van der Waals surface area (Å²) >= 11 is 0. The van der Waals surface area contributed by atoms with Gasteiger partial charge in [0, 0.05) is 25.1 Å². The van der Waals surface area contributed by atoms with E-state index in [9.17, 15) is 14.4 Å². The Balaban J connectivity index is 1.43. The quantitative estimate of drug-likeness (QED) is 0.271. The third-order valence-corrected chi connectivity index (χ3v) is 6.33. The van der Waals surface area contributed by atoms with Crippen molar-refractivity contribution in [2.75, 3.05) is 13.2 Å². The summed E-state index contributed by atoms with van der Waals surface area (Å²) in [6, 6.07) is 36.8. The largest absolute Gasteiger partial charge is 0.454 e. The lowest BCUT2D eigenvalue weighted by atomic mass is 10.1. The van der Waals surface area contributed by atoms with Crippen molar-refractivity contribution < 1.29 is 19.1 Å². The van der Waals surface area contributed by atoms with Gasteiger partial charge in [0.25, 0.3) is 11.8 Å². The minimum Gasteiger partial charge on any atom is -0.454 e. The van der Waals surface area contributed by atoms with Crippen LogP contribution in [0.25, 0.3) is 0 Å². The number of hydrogen-bond acceptors (Lipinski definition) is 4. The van der Waals surface area contributed by atoms with Crippen molar-refractivity contribution in [1.29, 1.82) is 0 Å². The second-order valence-corrected chi connectivity index (χ2v) is 9.23. The Hall–Kier alpha value is -4.71. The van der Waals surface area contributed by atoms with Gasteiger partial charge in [-0.15, -0.1) is 0 Å². The van der Waals surface area contributed by atoms with Crippen LogP contribution >= 0.6 is 0 Å². The molecular formula is C33H32N2O4. The summed E-state index contributed by atoms with van der Waals surface area (Å²) in [5.74, 6) is -1.33. The molecule has 198 valence electrons. The lowest BCUT2D eigenvalue weighted by molar-refractivity contribution is -0.153. The van der Waals surface area contributed by atoms with Gasteiger partial charge in [-0.05, 0) is 35.2 Å². The first-order valence-electron chi connectivity index (χ1n) is 13.0. The van der Waals surface area contributed by atoms with Crippen LogP contribution in [0.15, 0.2) is 121 Å². The smallest absolute Gasteiger partial charge is 0.329 e. The van der Waals surface area contributed by atoms with Crippen LogP contribution in [0, 0.1) is 0 Å². The van der Waals surface area contributed by atoms with Gasteiger partial charge in [0.2, 0.25) is 0 Å². The molecule has 0 heterocycles. The summed E-state index contributed by atoms with van der Waals surface area (Å²) in [7, 11) is 0. The fraction of sp³-hybridized carbons (Fsp3) is 0.182. The first-order chi connectivity index (χ1) is 19.1. The fourth-order valence-electron chi connectivity index (χ4n) is 4.20. The first-order valence-corrected chi connectivity index (χ1v) is 13.0. The number of carbonyl (C=O) groups is 3. The molecule has 4 aromatic carbocycles. The predicted molar refractivity (Wildman–Crippen MR) is 151 cm³/mol. The summed E-state index contributed by atoms with van der Waals surface area (Å²) in [6.45, 7) is 0.475. The highest BCUT2D eigenvalue weighted by molar-refractivity contribution is 5.97. The van der Waals surface area contributed by atoms with Gasteiger partial charge in [0.1, 0.15) is 6.04 Å². The molecule has 0 aromatic heterocycles. The van der Waals surface area contributed by atoms with Crippen molar-refractivity contribution in [2.45, 2.75) is 25.4 Å². The Morgan fingerprint density at radius 3 is 1.77 bits per heavy atom. The fourth-order valence-corrected chi connectivity index (χ4v) is 4.20. The van der Waals surface area contributed by atoms with E-state index in [0.717, 1.165) is 16.7 Å². The maximum atomic E-state index is 13.3. The maximum Gasteiger partial charge on any atom is 0.329 e. The molecule has 0 saturated heterocycles. The normalized spacial score (nSPS) is 11.3. The van der Waals surface area contributed by atoms with Gasteiger partial charge in [0.05, 0.1) is 0 Å². The summed E-state index contributed by atoms with van der Waals surface area (Å²) in [5, 5.41) is 2.78. The SMILES string of the molecule is O=C(N[C@@H](Cc1ccccc1)C(=O)OCC(=O)N(CCc1ccccc1)Cc1ccccc1)c1ccccc1. The number of carbonyl (C=O) groups excluding carboxylic acids is 3. The van der Waals surface area contributed by atoms with Gasteiger partial charge in [-0.25, -0.2) is 4.79 Å². The minimum atomic E-state index is -0.945. The molecule has 0 aliphatic heterocycles. The highest BCUT2D eigenvalue weighted by Gasteiger charge is 2.25. The molecule has 4 aromatic rings. The number of rotatable bonds is 12. The van der Waals surface area contributed by atoms with E-state index in [1.54, 1.807) is 29.2 Å². The van der Waals surface area contributed by atoms with Gasteiger partial charge in [-0.3, -0.25) is 9.59 Å². The minimum absolute atomic E-state index is 0.244. The molecule has 0 fully saturated rings. The zero-order valence-corrected chi connectivity index (χ0v) is 21.7. The second-order valence-electron chi connectivity index (χ2n) is 9.23. The van der Waals surface area contributed by atoms with E-state index >= 15 is 0 Å². The van der Waals surface area contributed by atoms with Crippen molar-refractivity contribution >= 4 is 17.8 Å². The monoisotopic (exact) mass is 520 g/mol. The van der Waals surface area contributed by atoms with E-state index in [1.807, 2.05) is 97.1 Å². The summed E-state index contributed by atoms with van der Waals surface area (Å²) in [6.07, 6.45) is 0.922. The van der Waals surface area contributed by atoms with Crippen LogP contribution in [0.1, 0.15) is 27.0 Å². The molecule has 4 rings (SSSR count). The zero-order valence-electron chi connectivity index (χ0n) is 21.7. The topological polar surface area (TPSA) is 75.7 Å². The number of nitrogens with zero attached hydrogens (tertiary/aromatic N) is 1.